The predicted molar refractivity (Wildman–Crippen MR) is 79.2 cm³/mol. The van der Waals surface area contributed by atoms with Gasteiger partial charge in [0.2, 0.25) is 0 Å². The summed E-state index contributed by atoms with van der Waals surface area (Å²) in [4.78, 5) is 4.06. The summed E-state index contributed by atoms with van der Waals surface area (Å²) in [5.74, 6) is -0.211. The number of aliphatic imine (C=N–C) groups is 1. The summed E-state index contributed by atoms with van der Waals surface area (Å²) in [6.07, 6.45) is 1.48. The quantitative estimate of drug-likeness (QED) is 0.636. The van der Waals surface area contributed by atoms with Crippen molar-refractivity contribution in [2.75, 3.05) is 0 Å². The van der Waals surface area contributed by atoms with Gasteiger partial charge in [-0.05, 0) is 59.3 Å². The van der Waals surface area contributed by atoms with E-state index in [1.807, 2.05) is 19.1 Å². The lowest BCUT2D eigenvalue weighted by Gasteiger charge is -2.03. The van der Waals surface area contributed by atoms with Crippen molar-refractivity contribution < 1.29 is 9.50 Å². The van der Waals surface area contributed by atoms with Crippen LogP contribution in [-0.2, 0) is 0 Å². The molecule has 18 heavy (non-hydrogen) atoms. The molecule has 0 amide bonds. The van der Waals surface area contributed by atoms with E-state index in [-0.39, 0.29) is 17.3 Å². The summed E-state index contributed by atoms with van der Waals surface area (Å²) in [6.45, 7) is 1.93. The lowest BCUT2D eigenvalue weighted by molar-refractivity contribution is 0.470. The Kier molecular flexibility index (Phi) is 3.96. The molecule has 0 aliphatic rings. The molecule has 0 unspecified atom stereocenters. The molecule has 0 aromatic heterocycles. The second-order valence-electron chi connectivity index (χ2n) is 3.89. The SMILES string of the molecule is Cc1cc(I)c(O)c(C=Nc2ccccc2F)c1. The molecule has 0 spiro atoms. The molecule has 2 aromatic carbocycles. The Bertz CT molecular complexity index is 611. The predicted octanol–water partition coefficient (Wildman–Crippen LogP) is 4.19. The van der Waals surface area contributed by atoms with Crippen LogP contribution in [0.1, 0.15) is 11.1 Å². The maximum Gasteiger partial charge on any atom is 0.148 e. The smallest absolute Gasteiger partial charge is 0.148 e. The summed E-state index contributed by atoms with van der Waals surface area (Å²) < 4.78 is 14.1. The van der Waals surface area contributed by atoms with Gasteiger partial charge in [-0.2, -0.15) is 0 Å². The molecule has 0 atom stereocenters. The molecule has 0 saturated carbocycles. The Morgan fingerprint density at radius 3 is 2.72 bits per heavy atom. The molecule has 0 bridgehead atoms. The van der Waals surface area contributed by atoms with Crippen molar-refractivity contribution in [1.82, 2.24) is 0 Å². The maximum absolute atomic E-state index is 13.4. The van der Waals surface area contributed by atoms with Crippen molar-refractivity contribution in [3.63, 3.8) is 0 Å². The first-order valence-electron chi connectivity index (χ1n) is 5.35. The Hall–Kier alpha value is -1.43. The summed E-state index contributed by atoms with van der Waals surface area (Å²) >= 11 is 2.05. The average Bonchev–Trinajstić information content (AvgIpc) is 2.33. The average molecular weight is 355 g/mol. The van der Waals surface area contributed by atoms with Gasteiger partial charge in [0.25, 0.3) is 0 Å². The van der Waals surface area contributed by atoms with Crippen LogP contribution >= 0.6 is 22.6 Å². The maximum atomic E-state index is 13.4. The van der Waals surface area contributed by atoms with Crippen LogP contribution in [0, 0.1) is 16.3 Å². The van der Waals surface area contributed by atoms with Crippen molar-refractivity contribution in [3.05, 3.63) is 56.9 Å². The van der Waals surface area contributed by atoms with Gasteiger partial charge < -0.3 is 5.11 Å². The Morgan fingerprint density at radius 1 is 1.28 bits per heavy atom. The molecule has 92 valence electrons. The molecular formula is C14H11FINO. The fourth-order valence-electron chi connectivity index (χ4n) is 1.56. The lowest BCUT2D eigenvalue weighted by atomic mass is 10.1. The third kappa shape index (κ3) is 2.87. The fourth-order valence-corrected chi connectivity index (χ4v) is 2.36. The van der Waals surface area contributed by atoms with Crippen molar-refractivity contribution in [3.8, 4) is 5.75 Å². The normalized spacial score (nSPS) is 11.1. The number of benzene rings is 2. The van der Waals surface area contributed by atoms with E-state index in [1.165, 1.54) is 12.3 Å². The topological polar surface area (TPSA) is 32.6 Å². The summed E-state index contributed by atoms with van der Waals surface area (Å²) in [5, 5.41) is 9.88. The van der Waals surface area contributed by atoms with Crippen molar-refractivity contribution >= 4 is 34.5 Å². The van der Waals surface area contributed by atoms with Gasteiger partial charge in [-0.15, -0.1) is 0 Å². The highest BCUT2D eigenvalue weighted by Crippen LogP contribution is 2.25. The van der Waals surface area contributed by atoms with Crippen molar-refractivity contribution in [2.45, 2.75) is 6.92 Å². The van der Waals surface area contributed by atoms with Crippen LogP contribution in [-0.4, -0.2) is 11.3 Å². The van der Waals surface area contributed by atoms with Gasteiger partial charge in [-0.3, -0.25) is 4.99 Å². The largest absolute Gasteiger partial charge is 0.506 e. The number of phenols is 1. The van der Waals surface area contributed by atoms with Gasteiger partial charge in [0.05, 0.1) is 9.26 Å². The molecular weight excluding hydrogens is 344 g/mol. The van der Waals surface area contributed by atoms with Gasteiger partial charge >= 0.3 is 0 Å². The van der Waals surface area contributed by atoms with Crippen LogP contribution in [0.3, 0.4) is 0 Å². The zero-order valence-electron chi connectivity index (χ0n) is 9.69. The minimum absolute atomic E-state index is 0.168. The van der Waals surface area contributed by atoms with E-state index in [4.69, 9.17) is 0 Å². The van der Waals surface area contributed by atoms with Crippen LogP contribution in [0.4, 0.5) is 10.1 Å². The molecule has 0 aliphatic carbocycles. The third-order valence-corrected chi connectivity index (χ3v) is 3.25. The van der Waals surface area contributed by atoms with E-state index in [2.05, 4.69) is 27.6 Å². The molecule has 0 radical (unpaired) electrons. The number of nitrogens with zero attached hydrogens (tertiary/aromatic N) is 1. The molecule has 0 aliphatic heterocycles. The minimum Gasteiger partial charge on any atom is -0.506 e. The zero-order valence-corrected chi connectivity index (χ0v) is 11.8. The number of phenolic OH excluding ortho intramolecular Hbond substituents is 1. The molecule has 2 rings (SSSR count). The van der Waals surface area contributed by atoms with Crippen molar-refractivity contribution in [1.29, 1.82) is 0 Å². The summed E-state index contributed by atoms with van der Waals surface area (Å²) in [7, 11) is 0. The highest BCUT2D eigenvalue weighted by molar-refractivity contribution is 14.1. The van der Waals surface area contributed by atoms with E-state index in [1.54, 1.807) is 18.2 Å². The van der Waals surface area contributed by atoms with E-state index < -0.39 is 0 Å². The first kappa shape index (κ1) is 13.0. The summed E-state index contributed by atoms with van der Waals surface area (Å²) in [5.41, 5.74) is 1.86. The third-order valence-electron chi connectivity index (χ3n) is 2.43. The first-order chi connectivity index (χ1) is 8.58. The molecule has 2 aromatic rings. The van der Waals surface area contributed by atoms with Crippen LogP contribution in [0.2, 0.25) is 0 Å². The van der Waals surface area contributed by atoms with Gasteiger partial charge in [-0.1, -0.05) is 12.1 Å². The Labute approximate surface area is 118 Å². The van der Waals surface area contributed by atoms with Gasteiger partial charge in [0.15, 0.2) is 0 Å². The zero-order chi connectivity index (χ0) is 13.1. The summed E-state index contributed by atoms with van der Waals surface area (Å²) in [6, 6.07) is 9.95. The monoisotopic (exact) mass is 355 g/mol. The molecule has 0 fully saturated rings. The highest BCUT2D eigenvalue weighted by atomic mass is 127. The van der Waals surface area contributed by atoms with Gasteiger partial charge in [0, 0.05) is 11.8 Å². The first-order valence-corrected chi connectivity index (χ1v) is 6.43. The molecule has 0 saturated heterocycles. The number of aryl methyl sites for hydroxylation is 1. The van der Waals surface area contributed by atoms with Crippen LogP contribution in [0.15, 0.2) is 41.4 Å². The van der Waals surface area contributed by atoms with E-state index in [0.29, 0.717) is 5.56 Å². The Balaban J connectivity index is 2.38. The second kappa shape index (κ2) is 5.48. The van der Waals surface area contributed by atoms with E-state index in [0.717, 1.165) is 9.13 Å². The second-order valence-corrected chi connectivity index (χ2v) is 5.06. The number of halogens is 2. The lowest BCUT2D eigenvalue weighted by Crippen LogP contribution is -1.88. The fraction of sp³-hybridized carbons (Fsp3) is 0.0714. The van der Waals surface area contributed by atoms with Crippen molar-refractivity contribution in [2.24, 2.45) is 4.99 Å². The number of hydrogen-bond donors (Lipinski definition) is 1. The van der Waals surface area contributed by atoms with Gasteiger partial charge in [-0.25, -0.2) is 4.39 Å². The molecule has 4 heteroatoms. The Morgan fingerprint density at radius 2 is 2.00 bits per heavy atom. The standard InChI is InChI=1S/C14H11FINO/c1-9-6-10(14(18)12(16)7-9)8-17-13-5-3-2-4-11(13)15/h2-8,18H,1H3. The van der Waals surface area contributed by atoms with Crippen LogP contribution in [0.25, 0.3) is 0 Å². The van der Waals surface area contributed by atoms with Crippen LogP contribution in [0.5, 0.6) is 5.75 Å². The number of hydrogen-bond acceptors (Lipinski definition) is 2. The highest BCUT2D eigenvalue weighted by Gasteiger charge is 2.05. The van der Waals surface area contributed by atoms with E-state index >= 15 is 0 Å². The van der Waals surface area contributed by atoms with E-state index in [9.17, 15) is 9.50 Å². The number of para-hydroxylation sites is 1. The number of aromatic hydroxyl groups is 1. The van der Waals surface area contributed by atoms with Gasteiger partial charge in [0.1, 0.15) is 11.6 Å². The van der Waals surface area contributed by atoms with Crippen LogP contribution < -0.4 is 0 Å². The molecule has 1 N–H and O–H groups in total. The molecule has 0 heterocycles. The molecule has 2 nitrogen and oxygen atoms in total. The minimum atomic E-state index is -0.379. The number of rotatable bonds is 2.